The van der Waals surface area contributed by atoms with Gasteiger partial charge >= 0.3 is 0 Å². The van der Waals surface area contributed by atoms with E-state index in [-0.39, 0.29) is 5.91 Å². The van der Waals surface area contributed by atoms with Crippen LogP contribution in [-0.4, -0.2) is 17.9 Å². The molecule has 108 valence electrons. The number of carbonyl (C=O) groups is 1. The van der Waals surface area contributed by atoms with Gasteiger partial charge in [0.1, 0.15) is 0 Å². The smallest absolute Gasteiger partial charge is 0.256 e. The number of anilines is 1. The lowest BCUT2D eigenvalue weighted by Crippen LogP contribution is -2.13. The maximum absolute atomic E-state index is 12.4. The molecule has 1 N–H and O–H groups in total. The molecule has 0 unspecified atom stereocenters. The molecule has 0 bridgehead atoms. The molecular formula is C17H17NOS2. The van der Waals surface area contributed by atoms with Crippen LogP contribution in [0.3, 0.4) is 0 Å². The number of hydrogen-bond donors (Lipinski definition) is 1. The first-order valence-corrected chi connectivity index (χ1v) is 8.73. The molecule has 2 nitrogen and oxygen atoms in total. The Labute approximate surface area is 134 Å². The van der Waals surface area contributed by atoms with Gasteiger partial charge < -0.3 is 5.32 Å². The van der Waals surface area contributed by atoms with Crippen molar-refractivity contribution in [1.82, 2.24) is 0 Å². The van der Waals surface area contributed by atoms with E-state index < -0.39 is 0 Å². The number of hydrogen-bond acceptors (Lipinski definition) is 3. The Morgan fingerprint density at radius 2 is 2.05 bits per heavy atom. The summed E-state index contributed by atoms with van der Waals surface area (Å²) in [6, 6.07) is 15.5. The highest BCUT2D eigenvalue weighted by atomic mass is 32.2. The molecule has 4 heteroatoms. The zero-order chi connectivity index (χ0) is 15.1. The normalized spacial score (nSPS) is 10.1. The average Bonchev–Trinajstić information content (AvgIpc) is 2.53. The third-order valence-electron chi connectivity index (χ3n) is 2.82. The summed E-state index contributed by atoms with van der Waals surface area (Å²) in [5.41, 5.74) is 1.51. The summed E-state index contributed by atoms with van der Waals surface area (Å²) in [6.07, 6.45) is 3.85. The first kappa shape index (κ1) is 15.7. The molecule has 2 rings (SSSR count). The van der Waals surface area contributed by atoms with E-state index in [0.717, 1.165) is 21.2 Å². The Morgan fingerprint density at radius 3 is 2.81 bits per heavy atom. The van der Waals surface area contributed by atoms with Crippen molar-refractivity contribution in [3.8, 4) is 0 Å². The van der Waals surface area contributed by atoms with Crippen LogP contribution in [0, 0.1) is 0 Å². The van der Waals surface area contributed by atoms with Gasteiger partial charge in [-0.3, -0.25) is 4.79 Å². The number of benzene rings is 2. The van der Waals surface area contributed by atoms with Gasteiger partial charge in [0.2, 0.25) is 0 Å². The van der Waals surface area contributed by atoms with E-state index in [0.29, 0.717) is 5.56 Å². The van der Waals surface area contributed by atoms with E-state index in [1.807, 2.05) is 60.9 Å². The molecule has 0 aliphatic heterocycles. The number of thioether (sulfide) groups is 2. The van der Waals surface area contributed by atoms with Gasteiger partial charge in [-0.25, -0.2) is 0 Å². The lowest BCUT2D eigenvalue weighted by molar-refractivity contribution is 0.102. The fraction of sp³-hybridized carbons (Fsp3) is 0.118. The van der Waals surface area contributed by atoms with Gasteiger partial charge in [-0.1, -0.05) is 24.3 Å². The fourth-order valence-corrected chi connectivity index (χ4v) is 3.08. The molecule has 0 heterocycles. The molecule has 0 saturated carbocycles. The molecule has 0 aliphatic carbocycles. The van der Waals surface area contributed by atoms with Gasteiger partial charge in [0.05, 0.1) is 5.56 Å². The minimum absolute atomic E-state index is 0.0829. The van der Waals surface area contributed by atoms with Gasteiger partial charge in [-0.2, -0.15) is 0 Å². The van der Waals surface area contributed by atoms with Crippen molar-refractivity contribution in [3.05, 3.63) is 66.7 Å². The van der Waals surface area contributed by atoms with Crippen LogP contribution in [0.2, 0.25) is 0 Å². The minimum Gasteiger partial charge on any atom is -0.322 e. The Balaban J connectivity index is 2.17. The van der Waals surface area contributed by atoms with E-state index in [1.165, 1.54) is 0 Å². The second-order valence-corrected chi connectivity index (χ2v) is 6.22. The van der Waals surface area contributed by atoms with Gasteiger partial charge in [-0.15, -0.1) is 30.1 Å². The number of carbonyl (C=O) groups excluding carboxylic acids is 1. The van der Waals surface area contributed by atoms with Gasteiger partial charge in [0, 0.05) is 21.2 Å². The Hall–Kier alpha value is -1.65. The van der Waals surface area contributed by atoms with Gasteiger partial charge in [0.25, 0.3) is 5.91 Å². The molecule has 2 aromatic rings. The van der Waals surface area contributed by atoms with Crippen molar-refractivity contribution in [2.45, 2.75) is 9.79 Å². The molecule has 0 aromatic heterocycles. The van der Waals surface area contributed by atoms with E-state index in [1.54, 1.807) is 23.5 Å². The summed E-state index contributed by atoms with van der Waals surface area (Å²) in [5.74, 6) is 0.701. The first-order valence-electron chi connectivity index (χ1n) is 6.52. The molecule has 0 aliphatic rings. The van der Waals surface area contributed by atoms with Crippen molar-refractivity contribution in [2.75, 3.05) is 17.3 Å². The van der Waals surface area contributed by atoms with Crippen LogP contribution >= 0.6 is 23.5 Å². The minimum atomic E-state index is -0.0829. The summed E-state index contributed by atoms with van der Waals surface area (Å²) in [6.45, 7) is 3.71. The van der Waals surface area contributed by atoms with Crippen LogP contribution in [0.25, 0.3) is 0 Å². The molecular weight excluding hydrogens is 298 g/mol. The third kappa shape index (κ3) is 4.41. The topological polar surface area (TPSA) is 29.1 Å². The molecule has 21 heavy (non-hydrogen) atoms. The van der Waals surface area contributed by atoms with E-state index in [2.05, 4.69) is 11.9 Å². The molecule has 0 saturated heterocycles. The maximum Gasteiger partial charge on any atom is 0.256 e. The summed E-state index contributed by atoms with van der Waals surface area (Å²) >= 11 is 3.26. The van der Waals surface area contributed by atoms with E-state index in [4.69, 9.17) is 0 Å². The zero-order valence-corrected chi connectivity index (χ0v) is 13.5. The van der Waals surface area contributed by atoms with E-state index >= 15 is 0 Å². The van der Waals surface area contributed by atoms with Crippen LogP contribution in [0.4, 0.5) is 5.69 Å². The van der Waals surface area contributed by atoms with Crippen molar-refractivity contribution in [2.24, 2.45) is 0 Å². The molecule has 0 spiro atoms. The highest BCUT2D eigenvalue weighted by Crippen LogP contribution is 2.24. The fourth-order valence-electron chi connectivity index (χ4n) is 1.83. The zero-order valence-electron chi connectivity index (χ0n) is 11.8. The second-order valence-electron chi connectivity index (χ2n) is 4.28. The van der Waals surface area contributed by atoms with Crippen LogP contribution < -0.4 is 5.32 Å². The van der Waals surface area contributed by atoms with Crippen LogP contribution in [0.1, 0.15) is 10.4 Å². The van der Waals surface area contributed by atoms with Crippen molar-refractivity contribution < 1.29 is 4.79 Å². The van der Waals surface area contributed by atoms with E-state index in [9.17, 15) is 4.79 Å². The van der Waals surface area contributed by atoms with Crippen LogP contribution in [-0.2, 0) is 0 Å². The summed E-state index contributed by atoms with van der Waals surface area (Å²) in [7, 11) is 0. The van der Waals surface area contributed by atoms with Crippen LogP contribution in [0.15, 0.2) is 71.0 Å². The molecule has 1 amide bonds. The number of nitrogens with one attached hydrogen (secondary N) is 1. The Morgan fingerprint density at radius 1 is 1.24 bits per heavy atom. The number of amides is 1. The Bertz CT molecular complexity index is 640. The monoisotopic (exact) mass is 315 g/mol. The first-order chi connectivity index (χ1) is 10.2. The lowest BCUT2D eigenvalue weighted by atomic mass is 10.2. The molecule has 0 atom stereocenters. The summed E-state index contributed by atoms with van der Waals surface area (Å²) in [4.78, 5) is 14.5. The van der Waals surface area contributed by atoms with Crippen molar-refractivity contribution in [3.63, 3.8) is 0 Å². The Kier molecular flexibility index (Phi) is 5.96. The molecule has 0 radical (unpaired) electrons. The lowest BCUT2D eigenvalue weighted by Gasteiger charge is -2.10. The van der Waals surface area contributed by atoms with Gasteiger partial charge in [-0.05, 0) is 36.6 Å². The summed E-state index contributed by atoms with van der Waals surface area (Å²) < 4.78 is 0. The highest BCUT2D eigenvalue weighted by molar-refractivity contribution is 7.99. The highest BCUT2D eigenvalue weighted by Gasteiger charge is 2.11. The standard InChI is InChI=1S/C17H17NOS2/c1-3-11-21-16-10-5-4-9-15(16)17(19)18-13-7-6-8-14(12-13)20-2/h3-10,12H,1,11H2,2H3,(H,18,19). The van der Waals surface area contributed by atoms with Crippen LogP contribution in [0.5, 0.6) is 0 Å². The summed E-state index contributed by atoms with van der Waals surface area (Å²) in [5, 5.41) is 2.96. The molecule has 2 aromatic carbocycles. The average molecular weight is 315 g/mol. The predicted octanol–water partition coefficient (Wildman–Crippen LogP) is 4.94. The van der Waals surface area contributed by atoms with Crippen molar-refractivity contribution in [1.29, 1.82) is 0 Å². The second kappa shape index (κ2) is 7.96. The van der Waals surface area contributed by atoms with Gasteiger partial charge in [0.15, 0.2) is 0 Å². The quantitative estimate of drug-likeness (QED) is 0.605. The van der Waals surface area contributed by atoms with Crippen molar-refractivity contribution >= 4 is 35.1 Å². The predicted molar refractivity (Wildman–Crippen MR) is 93.5 cm³/mol. The SMILES string of the molecule is C=CCSc1ccccc1C(=O)Nc1cccc(SC)c1. The largest absolute Gasteiger partial charge is 0.322 e. The number of rotatable bonds is 6. The third-order valence-corrected chi connectivity index (χ3v) is 4.61. The maximum atomic E-state index is 12.4. The molecule has 0 fully saturated rings.